The molecular formula is C19H17ClN4O3. The minimum Gasteiger partial charge on any atom is -0.497 e. The first-order chi connectivity index (χ1) is 13.1. The molecule has 1 amide bonds. The Labute approximate surface area is 160 Å². The molecule has 0 saturated heterocycles. The molecular weight excluding hydrogens is 368 g/mol. The van der Waals surface area contributed by atoms with Crippen molar-refractivity contribution in [1.82, 2.24) is 15.0 Å². The first-order valence-corrected chi connectivity index (χ1v) is 8.76. The molecule has 0 spiro atoms. The highest BCUT2D eigenvalue weighted by Gasteiger charge is 2.27. The van der Waals surface area contributed by atoms with Crippen LogP contribution in [0, 0.1) is 0 Å². The van der Waals surface area contributed by atoms with E-state index in [1.165, 1.54) is 0 Å². The molecule has 1 aromatic heterocycles. The van der Waals surface area contributed by atoms with Crippen molar-refractivity contribution in [2.45, 2.75) is 19.3 Å². The minimum atomic E-state index is -0.343. The van der Waals surface area contributed by atoms with Crippen LogP contribution in [0.1, 0.15) is 27.8 Å². The van der Waals surface area contributed by atoms with E-state index in [0.717, 1.165) is 11.3 Å². The van der Waals surface area contributed by atoms with Gasteiger partial charge in [0.25, 0.3) is 5.91 Å². The normalized spacial score (nSPS) is 15.9. The monoisotopic (exact) mass is 384 g/mol. The Morgan fingerprint density at radius 3 is 2.85 bits per heavy atom. The third kappa shape index (κ3) is 3.65. The van der Waals surface area contributed by atoms with Crippen molar-refractivity contribution in [1.29, 1.82) is 0 Å². The number of amides is 1. The van der Waals surface area contributed by atoms with Crippen LogP contribution in [-0.2, 0) is 17.9 Å². The van der Waals surface area contributed by atoms with Gasteiger partial charge in [-0.3, -0.25) is 4.79 Å². The summed E-state index contributed by atoms with van der Waals surface area (Å²) in [5.41, 5.74) is 2.52. The van der Waals surface area contributed by atoms with Crippen LogP contribution in [-0.4, -0.2) is 28.0 Å². The predicted molar refractivity (Wildman–Crippen MR) is 100.0 cm³/mol. The number of hydrogen-bond acceptors (Lipinski definition) is 5. The first kappa shape index (κ1) is 17.5. The highest BCUT2D eigenvalue weighted by atomic mass is 35.5. The van der Waals surface area contributed by atoms with Gasteiger partial charge in [0.1, 0.15) is 11.9 Å². The molecule has 1 N–H and O–H groups in total. The number of hydrogen-bond donors (Lipinski definition) is 1. The van der Waals surface area contributed by atoms with Gasteiger partial charge >= 0.3 is 0 Å². The maximum absolute atomic E-state index is 12.5. The maximum Gasteiger partial charge on any atom is 0.278 e. The van der Waals surface area contributed by atoms with E-state index in [1.807, 2.05) is 24.3 Å². The zero-order valence-electron chi connectivity index (χ0n) is 14.6. The largest absolute Gasteiger partial charge is 0.497 e. The van der Waals surface area contributed by atoms with Crippen LogP contribution in [0.2, 0.25) is 5.02 Å². The second-order valence-electron chi connectivity index (χ2n) is 6.10. The third-order valence-electron chi connectivity index (χ3n) is 4.38. The molecule has 0 fully saturated rings. The predicted octanol–water partition coefficient (Wildman–Crippen LogP) is 3.46. The summed E-state index contributed by atoms with van der Waals surface area (Å²) in [6.07, 6.45) is -0.158. The number of ether oxygens (including phenoxy) is 2. The van der Waals surface area contributed by atoms with Crippen molar-refractivity contribution in [3.05, 3.63) is 70.5 Å². The number of anilines is 1. The van der Waals surface area contributed by atoms with Gasteiger partial charge in [-0.05, 0) is 35.9 Å². The molecule has 8 heteroatoms. The van der Waals surface area contributed by atoms with Crippen molar-refractivity contribution in [2.24, 2.45) is 0 Å². The summed E-state index contributed by atoms with van der Waals surface area (Å²) < 4.78 is 12.8. The minimum absolute atomic E-state index is 0.158. The highest BCUT2D eigenvalue weighted by molar-refractivity contribution is 6.30. The molecule has 0 bridgehead atoms. The highest BCUT2D eigenvalue weighted by Crippen LogP contribution is 2.28. The molecule has 0 unspecified atom stereocenters. The van der Waals surface area contributed by atoms with Gasteiger partial charge in [-0.15, -0.1) is 5.10 Å². The standard InChI is InChI=1S/C19H17ClN4O3/c1-26-15-7-5-12(6-8-15)17-10-24-16(11-27-17)18(22-23-24)19(25)21-14-4-2-3-13(20)9-14/h2-9,17H,10-11H2,1H3,(H,21,25)/t17-/m1/s1. The number of carbonyl (C=O) groups excluding carboxylic acids is 1. The van der Waals surface area contributed by atoms with Gasteiger partial charge in [0.2, 0.25) is 0 Å². The Kier molecular flexibility index (Phi) is 4.79. The molecule has 138 valence electrons. The second-order valence-corrected chi connectivity index (χ2v) is 6.54. The summed E-state index contributed by atoms with van der Waals surface area (Å²) in [4.78, 5) is 12.5. The fourth-order valence-electron chi connectivity index (χ4n) is 2.96. The van der Waals surface area contributed by atoms with Crippen LogP contribution in [0.3, 0.4) is 0 Å². The van der Waals surface area contributed by atoms with E-state index in [0.29, 0.717) is 22.9 Å². The lowest BCUT2D eigenvalue weighted by molar-refractivity contribution is -0.00173. The number of nitrogens with one attached hydrogen (secondary N) is 1. The zero-order chi connectivity index (χ0) is 18.8. The summed E-state index contributed by atoms with van der Waals surface area (Å²) >= 11 is 5.95. The van der Waals surface area contributed by atoms with Crippen LogP contribution in [0.4, 0.5) is 5.69 Å². The van der Waals surface area contributed by atoms with Crippen molar-refractivity contribution in [3.63, 3.8) is 0 Å². The Morgan fingerprint density at radius 1 is 1.30 bits per heavy atom. The van der Waals surface area contributed by atoms with Crippen LogP contribution >= 0.6 is 11.6 Å². The van der Waals surface area contributed by atoms with E-state index >= 15 is 0 Å². The number of halogens is 1. The van der Waals surface area contributed by atoms with Crippen LogP contribution in [0.15, 0.2) is 48.5 Å². The SMILES string of the molecule is COc1ccc([C@H]2Cn3nnc(C(=O)Nc4cccc(Cl)c4)c3CO2)cc1. The molecule has 1 atom stereocenters. The molecule has 1 aliphatic heterocycles. The lowest BCUT2D eigenvalue weighted by Crippen LogP contribution is -2.24. The molecule has 0 radical (unpaired) electrons. The van der Waals surface area contributed by atoms with Crippen molar-refractivity contribution < 1.29 is 14.3 Å². The first-order valence-electron chi connectivity index (χ1n) is 8.39. The second kappa shape index (κ2) is 7.38. The molecule has 1 aliphatic rings. The molecule has 4 rings (SSSR count). The molecule has 0 aliphatic carbocycles. The van der Waals surface area contributed by atoms with Gasteiger partial charge in [-0.2, -0.15) is 0 Å². The van der Waals surface area contributed by atoms with E-state index in [2.05, 4.69) is 15.6 Å². The number of methoxy groups -OCH3 is 1. The quantitative estimate of drug-likeness (QED) is 0.745. The molecule has 2 heterocycles. The lowest BCUT2D eigenvalue weighted by Gasteiger charge is -2.24. The van der Waals surface area contributed by atoms with Crippen molar-refractivity contribution in [3.8, 4) is 5.75 Å². The van der Waals surface area contributed by atoms with Gasteiger partial charge in [-0.1, -0.05) is 35.0 Å². The number of carbonyl (C=O) groups is 1. The molecule has 0 saturated carbocycles. The van der Waals surface area contributed by atoms with Gasteiger partial charge < -0.3 is 14.8 Å². The fraction of sp³-hybridized carbons (Fsp3) is 0.211. The van der Waals surface area contributed by atoms with E-state index < -0.39 is 0 Å². The lowest BCUT2D eigenvalue weighted by atomic mass is 10.1. The number of aromatic nitrogens is 3. The summed E-state index contributed by atoms with van der Waals surface area (Å²) in [5.74, 6) is 0.445. The average molecular weight is 385 g/mol. The molecule has 2 aromatic carbocycles. The number of fused-ring (bicyclic) bond motifs is 1. The van der Waals surface area contributed by atoms with Gasteiger partial charge in [0.05, 0.1) is 26.0 Å². The molecule has 7 nitrogen and oxygen atoms in total. The zero-order valence-corrected chi connectivity index (χ0v) is 15.3. The van der Waals surface area contributed by atoms with Gasteiger partial charge in [-0.25, -0.2) is 4.68 Å². The Hall–Kier alpha value is -2.90. The van der Waals surface area contributed by atoms with Crippen LogP contribution < -0.4 is 10.1 Å². The van der Waals surface area contributed by atoms with E-state index in [1.54, 1.807) is 36.1 Å². The number of nitrogens with zero attached hydrogens (tertiary/aromatic N) is 3. The number of rotatable bonds is 4. The maximum atomic E-state index is 12.5. The van der Waals surface area contributed by atoms with Gasteiger partial charge in [0.15, 0.2) is 5.69 Å². The summed E-state index contributed by atoms with van der Waals surface area (Å²) in [6, 6.07) is 14.6. The average Bonchev–Trinajstić information content (AvgIpc) is 3.11. The summed E-state index contributed by atoms with van der Waals surface area (Å²) in [6.45, 7) is 0.737. The Balaban J connectivity index is 1.50. The Bertz CT molecular complexity index is 971. The van der Waals surface area contributed by atoms with Gasteiger partial charge in [0, 0.05) is 10.7 Å². The molecule has 3 aromatic rings. The van der Waals surface area contributed by atoms with E-state index in [4.69, 9.17) is 21.1 Å². The van der Waals surface area contributed by atoms with Crippen LogP contribution in [0.5, 0.6) is 5.75 Å². The van der Waals surface area contributed by atoms with Crippen molar-refractivity contribution >= 4 is 23.2 Å². The Morgan fingerprint density at radius 2 is 2.11 bits per heavy atom. The smallest absolute Gasteiger partial charge is 0.278 e. The van der Waals surface area contributed by atoms with Crippen LogP contribution in [0.25, 0.3) is 0 Å². The third-order valence-corrected chi connectivity index (χ3v) is 4.62. The summed E-state index contributed by atoms with van der Waals surface area (Å²) in [5, 5.41) is 11.5. The van der Waals surface area contributed by atoms with E-state index in [9.17, 15) is 4.79 Å². The molecule has 27 heavy (non-hydrogen) atoms. The van der Waals surface area contributed by atoms with E-state index in [-0.39, 0.29) is 24.3 Å². The topological polar surface area (TPSA) is 78.3 Å². The number of benzene rings is 2. The van der Waals surface area contributed by atoms with Crippen molar-refractivity contribution in [2.75, 3.05) is 12.4 Å². The fourth-order valence-corrected chi connectivity index (χ4v) is 3.16. The summed E-state index contributed by atoms with van der Waals surface area (Å²) in [7, 11) is 1.63.